The zero-order valence-electron chi connectivity index (χ0n) is 15.4. The third kappa shape index (κ3) is 6.65. The maximum atomic E-state index is 5.78. The van der Waals surface area contributed by atoms with E-state index in [4.69, 9.17) is 14.2 Å². The summed E-state index contributed by atoms with van der Waals surface area (Å²) in [5.74, 6) is 1.73. The van der Waals surface area contributed by atoms with Crippen molar-refractivity contribution in [1.29, 1.82) is 0 Å². The van der Waals surface area contributed by atoms with Gasteiger partial charge in [-0.15, -0.1) is 24.0 Å². The number of rotatable bonds is 6. The number of nitrogens with zero attached hydrogens (tertiary/aromatic N) is 2. The summed E-state index contributed by atoms with van der Waals surface area (Å²) >= 11 is 0. The quantitative estimate of drug-likeness (QED) is 0.378. The molecule has 0 unspecified atom stereocenters. The summed E-state index contributed by atoms with van der Waals surface area (Å²) in [7, 11) is 5.75. The fourth-order valence-electron chi connectivity index (χ4n) is 3.34. The SMILES string of the molecule is CN=C(NCC1(OC)CCOCC1)N(C)CCC1CCOCC1.I. The molecular formula is C17H34IN3O3. The molecule has 142 valence electrons. The lowest BCUT2D eigenvalue weighted by atomic mass is 9.94. The van der Waals surface area contributed by atoms with E-state index in [1.165, 1.54) is 19.3 Å². The van der Waals surface area contributed by atoms with Gasteiger partial charge in [-0.05, 0) is 25.2 Å². The maximum Gasteiger partial charge on any atom is 0.193 e. The Morgan fingerprint density at radius 3 is 2.42 bits per heavy atom. The molecule has 0 spiro atoms. The molecule has 2 aliphatic heterocycles. The highest BCUT2D eigenvalue weighted by atomic mass is 127. The fraction of sp³-hybridized carbons (Fsp3) is 0.941. The average Bonchev–Trinajstić information content (AvgIpc) is 2.62. The van der Waals surface area contributed by atoms with Crippen LogP contribution in [0.25, 0.3) is 0 Å². The van der Waals surface area contributed by atoms with Gasteiger partial charge in [-0.1, -0.05) is 0 Å². The number of hydrogen-bond acceptors (Lipinski definition) is 4. The summed E-state index contributed by atoms with van der Waals surface area (Å²) in [5, 5.41) is 3.49. The number of hydrogen-bond donors (Lipinski definition) is 1. The maximum absolute atomic E-state index is 5.78. The standard InChI is InChI=1S/C17H33N3O3.HI/c1-18-16(19-14-17(21-3)7-12-23-13-8-17)20(2)9-4-15-5-10-22-11-6-15;/h15H,4-14H2,1-3H3,(H,18,19);1H. The van der Waals surface area contributed by atoms with Gasteiger partial charge < -0.3 is 24.4 Å². The minimum absolute atomic E-state index is 0. The van der Waals surface area contributed by atoms with Gasteiger partial charge in [-0.2, -0.15) is 0 Å². The second-order valence-electron chi connectivity index (χ2n) is 6.67. The lowest BCUT2D eigenvalue weighted by Gasteiger charge is -2.37. The Bertz CT molecular complexity index is 370. The second kappa shape index (κ2) is 11.5. The van der Waals surface area contributed by atoms with Crippen LogP contribution in [0.5, 0.6) is 0 Å². The number of halogens is 1. The second-order valence-corrected chi connectivity index (χ2v) is 6.67. The van der Waals surface area contributed by atoms with E-state index in [-0.39, 0.29) is 29.6 Å². The van der Waals surface area contributed by atoms with Gasteiger partial charge in [0.15, 0.2) is 5.96 Å². The van der Waals surface area contributed by atoms with Crippen molar-refractivity contribution >= 4 is 29.9 Å². The van der Waals surface area contributed by atoms with Crippen molar-refractivity contribution in [1.82, 2.24) is 10.2 Å². The Hall–Kier alpha value is -0.120. The van der Waals surface area contributed by atoms with Crippen LogP contribution in [0.2, 0.25) is 0 Å². The molecule has 0 amide bonds. The Kier molecular flexibility index (Phi) is 10.5. The van der Waals surface area contributed by atoms with E-state index in [1.54, 1.807) is 7.11 Å². The first kappa shape index (κ1) is 21.9. The van der Waals surface area contributed by atoms with Crippen molar-refractivity contribution in [2.45, 2.75) is 37.7 Å². The van der Waals surface area contributed by atoms with E-state index in [9.17, 15) is 0 Å². The molecule has 0 atom stereocenters. The van der Waals surface area contributed by atoms with Crippen molar-refractivity contribution in [3.63, 3.8) is 0 Å². The van der Waals surface area contributed by atoms with Crippen molar-refractivity contribution in [3.05, 3.63) is 0 Å². The van der Waals surface area contributed by atoms with Crippen LogP contribution >= 0.6 is 24.0 Å². The van der Waals surface area contributed by atoms with E-state index >= 15 is 0 Å². The van der Waals surface area contributed by atoms with Crippen molar-refractivity contribution in [2.75, 3.05) is 60.7 Å². The third-order valence-corrected chi connectivity index (χ3v) is 5.19. The predicted molar refractivity (Wildman–Crippen MR) is 107 cm³/mol. The van der Waals surface area contributed by atoms with Crippen molar-refractivity contribution in [2.24, 2.45) is 10.9 Å². The van der Waals surface area contributed by atoms with Gasteiger partial charge in [-0.3, -0.25) is 4.99 Å². The third-order valence-electron chi connectivity index (χ3n) is 5.19. The first-order valence-corrected chi connectivity index (χ1v) is 8.81. The summed E-state index contributed by atoms with van der Waals surface area (Å²) in [5.41, 5.74) is -0.129. The molecule has 2 saturated heterocycles. The molecule has 2 aliphatic rings. The number of methoxy groups -OCH3 is 1. The Labute approximate surface area is 163 Å². The largest absolute Gasteiger partial charge is 0.381 e. The van der Waals surface area contributed by atoms with Crippen LogP contribution in [0.3, 0.4) is 0 Å². The normalized spacial score (nSPS) is 21.9. The van der Waals surface area contributed by atoms with Crippen LogP contribution < -0.4 is 5.32 Å². The van der Waals surface area contributed by atoms with E-state index < -0.39 is 0 Å². The van der Waals surface area contributed by atoms with E-state index in [1.807, 2.05) is 7.05 Å². The lowest BCUT2D eigenvalue weighted by molar-refractivity contribution is -0.0857. The molecule has 2 fully saturated rings. The minimum Gasteiger partial charge on any atom is -0.381 e. The van der Waals surface area contributed by atoms with Gasteiger partial charge in [0.1, 0.15) is 0 Å². The van der Waals surface area contributed by atoms with Crippen LogP contribution in [-0.4, -0.2) is 77.2 Å². The van der Waals surface area contributed by atoms with Gasteiger partial charge in [0.05, 0.1) is 5.60 Å². The highest BCUT2D eigenvalue weighted by Gasteiger charge is 2.32. The average molecular weight is 455 g/mol. The highest BCUT2D eigenvalue weighted by molar-refractivity contribution is 14.0. The molecule has 0 aromatic carbocycles. The van der Waals surface area contributed by atoms with Crippen LogP contribution in [0.1, 0.15) is 32.1 Å². The van der Waals surface area contributed by atoms with Gasteiger partial charge in [0.25, 0.3) is 0 Å². The van der Waals surface area contributed by atoms with Crippen molar-refractivity contribution < 1.29 is 14.2 Å². The lowest BCUT2D eigenvalue weighted by Crippen LogP contribution is -2.51. The molecule has 1 N–H and O–H groups in total. The first-order valence-electron chi connectivity index (χ1n) is 8.81. The van der Waals surface area contributed by atoms with E-state index in [0.29, 0.717) is 0 Å². The first-order chi connectivity index (χ1) is 11.2. The Morgan fingerprint density at radius 1 is 1.21 bits per heavy atom. The van der Waals surface area contributed by atoms with Crippen LogP contribution in [0.4, 0.5) is 0 Å². The van der Waals surface area contributed by atoms with Crippen LogP contribution in [0.15, 0.2) is 4.99 Å². The van der Waals surface area contributed by atoms with Gasteiger partial charge in [0, 0.05) is 73.6 Å². The number of guanidine groups is 1. The number of nitrogens with one attached hydrogen (secondary N) is 1. The summed E-state index contributed by atoms with van der Waals surface area (Å²) in [6.07, 6.45) is 5.43. The van der Waals surface area contributed by atoms with Crippen molar-refractivity contribution in [3.8, 4) is 0 Å². The summed E-state index contributed by atoms with van der Waals surface area (Å²) < 4.78 is 16.7. The molecule has 0 saturated carbocycles. The monoisotopic (exact) mass is 455 g/mol. The smallest absolute Gasteiger partial charge is 0.193 e. The number of ether oxygens (including phenoxy) is 3. The van der Waals surface area contributed by atoms with E-state index in [0.717, 1.165) is 64.2 Å². The molecule has 0 aliphatic carbocycles. The molecule has 0 bridgehead atoms. The summed E-state index contributed by atoms with van der Waals surface area (Å²) in [6, 6.07) is 0. The van der Waals surface area contributed by atoms with Gasteiger partial charge in [0.2, 0.25) is 0 Å². The molecule has 7 heteroatoms. The van der Waals surface area contributed by atoms with Crippen LogP contribution in [-0.2, 0) is 14.2 Å². The molecule has 0 aromatic heterocycles. The molecule has 2 rings (SSSR count). The zero-order chi connectivity index (χ0) is 16.5. The minimum atomic E-state index is -0.129. The predicted octanol–water partition coefficient (Wildman–Crippen LogP) is 2.12. The van der Waals surface area contributed by atoms with Gasteiger partial charge in [-0.25, -0.2) is 0 Å². The van der Waals surface area contributed by atoms with Crippen LogP contribution in [0, 0.1) is 5.92 Å². The Morgan fingerprint density at radius 2 is 1.83 bits per heavy atom. The molecule has 6 nitrogen and oxygen atoms in total. The zero-order valence-corrected chi connectivity index (χ0v) is 17.7. The molecule has 0 radical (unpaired) electrons. The fourth-order valence-corrected chi connectivity index (χ4v) is 3.34. The Balaban J connectivity index is 0.00000288. The topological polar surface area (TPSA) is 55.3 Å². The summed E-state index contributed by atoms with van der Waals surface area (Å²) in [4.78, 5) is 6.64. The number of aliphatic imine (C=N–C) groups is 1. The summed E-state index contributed by atoms with van der Waals surface area (Å²) in [6.45, 7) is 5.18. The molecular weight excluding hydrogens is 421 g/mol. The van der Waals surface area contributed by atoms with Gasteiger partial charge >= 0.3 is 0 Å². The molecule has 24 heavy (non-hydrogen) atoms. The molecule has 0 aromatic rings. The highest BCUT2D eigenvalue weighted by Crippen LogP contribution is 2.23. The molecule has 2 heterocycles. The van der Waals surface area contributed by atoms with E-state index in [2.05, 4.69) is 22.3 Å².